The Morgan fingerprint density at radius 1 is 1.48 bits per heavy atom. The van der Waals surface area contributed by atoms with Crippen LogP contribution >= 0.6 is 11.6 Å². The number of rotatable bonds is 6. The van der Waals surface area contributed by atoms with Gasteiger partial charge in [0, 0.05) is 11.6 Å². The van der Waals surface area contributed by atoms with E-state index in [1.54, 1.807) is 19.9 Å². The Hall–Kier alpha value is -1.62. The lowest BCUT2D eigenvalue weighted by atomic mass is 10.2. The third-order valence-corrected chi connectivity index (χ3v) is 4.65. The molecule has 0 spiro atoms. The predicted octanol–water partition coefficient (Wildman–Crippen LogP) is 1.94. The van der Waals surface area contributed by atoms with Crippen LogP contribution < -0.4 is 0 Å². The van der Waals surface area contributed by atoms with Crippen LogP contribution in [-0.4, -0.2) is 36.9 Å². The highest BCUT2D eigenvalue weighted by Gasteiger charge is 2.29. The molecule has 114 valence electrons. The van der Waals surface area contributed by atoms with Crippen LogP contribution in [-0.2, 0) is 14.8 Å². The summed E-state index contributed by atoms with van der Waals surface area (Å²) in [5.41, 5.74) is -0.0708. The van der Waals surface area contributed by atoms with Crippen molar-refractivity contribution in [2.24, 2.45) is 5.92 Å². The van der Waals surface area contributed by atoms with E-state index < -0.39 is 22.5 Å². The van der Waals surface area contributed by atoms with Gasteiger partial charge in [0.15, 0.2) is 0 Å². The number of halogens is 1. The number of aliphatic carboxylic acids is 1. The molecule has 0 heterocycles. The van der Waals surface area contributed by atoms with Gasteiger partial charge in [0.25, 0.3) is 0 Å². The third kappa shape index (κ3) is 4.43. The molecule has 8 heteroatoms. The van der Waals surface area contributed by atoms with Crippen molar-refractivity contribution in [1.82, 2.24) is 4.31 Å². The quantitative estimate of drug-likeness (QED) is 0.859. The molecule has 0 atom stereocenters. The largest absolute Gasteiger partial charge is 0.480 e. The smallest absolute Gasteiger partial charge is 0.318 e. The summed E-state index contributed by atoms with van der Waals surface area (Å²) in [6.45, 7) is 2.91. The molecule has 1 aromatic rings. The van der Waals surface area contributed by atoms with Crippen LogP contribution in [0.25, 0.3) is 0 Å². The Kier molecular flexibility index (Phi) is 5.72. The highest BCUT2D eigenvalue weighted by atomic mass is 35.5. The SMILES string of the molecule is CC(C)CN(CC(=O)O)S(=O)(=O)c1cc(Cl)ccc1C#N. The molecule has 0 saturated carbocycles. The van der Waals surface area contributed by atoms with E-state index in [-0.39, 0.29) is 27.9 Å². The Labute approximate surface area is 128 Å². The van der Waals surface area contributed by atoms with Crippen molar-refractivity contribution in [3.05, 3.63) is 28.8 Å². The summed E-state index contributed by atoms with van der Waals surface area (Å²) >= 11 is 5.79. The molecule has 0 amide bonds. The number of hydrogen-bond acceptors (Lipinski definition) is 4. The van der Waals surface area contributed by atoms with Gasteiger partial charge >= 0.3 is 5.97 Å². The highest BCUT2D eigenvalue weighted by molar-refractivity contribution is 7.89. The van der Waals surface area contributed by atoms with Crippen molar-refractivity contribution >= 4 is 27.6 Å². The topological polar surface area (TPSA) is 98.5 Å². The summed E-state index contributed by atoms with van der Waals surface area (Å²) in [6, 6.07) is 5.64. The van der Waals surface area contributed by atoms with Crippen LogP contribution in [0.5, 0.6) is 0 Å². The molecule has 0 bridgehead atoms. The number of benzene rings is 1. The molecule has 6 nitrogen and oxygen atoms in total. The van der Waals surface area contributed by atoms with Crippen molar-refractivity contribution in [3.63, 3.8) is 0 Å². The number of nitriles is 1. The monoisotopic (exact) mass is 330 g/mol. The maximum Gasteiger partial charge on any atom is 0.318 e. The second-order valence-corrected chi connectivity index (χ2v) is 7.18. The van der Waals surface area contributed by atoms with Gasteiger partial charge in [0.2, 0.25) is 10.0 Å². The molecule has 1 N–H and O–H groups in total. The molecule has 0 aromatic heterocycles. The summed E-state index contributed by atoms with van der Waals surface area (Å²) in [5.74, 6) is -1.33. The van der Waals surface area contributed by atoms with Crippen LogP contribution in [0.3, 0.4) is 0 Å². The number of sulfonamides is 1. The van der Waals surface area contributed by atoms with Crippen LogP contribution in [0.4, 0.5) is 0 Å². The fraction of sp³-hybridized carbons (Fsp3) is 0.385. The lowest BCUT2D eigenvalue weighted by Gasteiger charge is -2.22. The summed E-state index contributed by atoms with van der Waals surface area (Å²) in [5, 5.41) is 18.1. The summed E-state index contributed by atoms with van der Waals surface area (Å²) in [7, 11) is -4.11. The zero-order chi connectivity index (χ0) is 16.2. The van der Waals surface area contributed by atoms with Crippen molar-refractivity contribution in [2.75, 3.05) is 13.1 Å². The first kappa shape index (κ1) is 17.4. The zero-order valence-electron chi connectivity index (χ0n) is 11.6. The van der Waals surface area contributed by atoms with Crippen LogP contribution in [0.15, 0.2) is 23.1 Å². The Balaban J connectivity index is 3.38. The molecule has 0 unspecified atom stereocenters. The van der Waals surface area contributed by atoms with E-state index in [0.29, 0.717) is 0 Å². The molecule has 21 heavy (non-hydrogen) atoms. The Morgan fingerprint density at radius 2 is 2.10 bits per heavy atom. The van der Waals surface area contributed by atoms with Crippen molar-refractivity contribution in [2.45, 2.75) is 18.7 Å². The Bertz CT molecular complexity index is 680. The van der Waals surface area contributed by atoms with E-state index in [1.807, 2.05) is 0 Å². The van der Waals surface area contributed by atoms with Gasteiger partial charge < -0.3 is 5.11 Å². The molecule has 0 radical (unpaired) electrons. The minimum absolute atomic E-state index is 0.0337. The number of nitrogens with zero attached hydrogens (tertiary/aromatic N) is 2. The number of carboxylic acids is 1. The first-order valence-corrected chi connectivity index (χ1v) is 7.92. The molecule has 0 aliphatic rings. The summed E-state index contributed by atoms with van der Waals surface area (Å²) in [4.78, 5) is 10.6. The van der Waals surface area contributed by atoms with Gasteiger partial charge in [-0.3, -0.25) is 4.79 Å². The normalized spacial score (nSPS) is 11.6. The second kappa shape index (κ2) is 6.89. The van der Waals surface area contributed by atoms with Crippen LogP contribution in [0, 0.1) is 17.2 Å². The fourth-order valence-electron chi connectivity index (χ4n) is 1.75. The lowest BCUT2D eigenvalue weighted by molar-refractivity contribution is -0.137. The second-order valence-electron chi connectivity index (χ2n) is 4.84. The van der Waals surface area contributed by atoms with E-state index >= 15 is 0 Å². The summed E-state index contributed by atoms with van der Waals surface area (Å²) < 4.78 is 26.0. The highest BCUT2D eigenvalue weighted by Crippen LogP contribution is 2.24. The van der Waals surface area contributed by atoms with Gasteiger partial charge in [0.05, 0.1) is 5.56 Å². The average molecular weight is 331 g/mol. The number of hydrogen-bond donors (Lipinski definition) is 1. The first-order valence-electron chi connectivity index (χ1n) is 6.10. The van der Waals surface area contributed by atoms with E-state index in [9.17, 15) is 13.2 Å². The summed E-state index contributed by atoms with van der Waals surface area (Å²) in [6.07, 6.45) is 0. The Morgan fingerprint density at radius 3 is 2.57 bits per heavy atom. The van der Waals surface area contributed by atoms with E-state index in [2.05, 4.69) is 0 Å². The maximum atomic E-state index is 12.6. The molecule has 0 aliphatic heterocycles. The molecule has 1 rings (SSSR count). The molecular weight excluding hydrogens is 316 g/mol. The standard InChI is InChI=1S/C13H15ClN2O4S/c1-9(2)7-16(8-13(17)18)21(19,20)12-5-11(14)4-3-10(12)6-15/h3-5,9H,7-8H2,1-2H3,(H,17,18). The minimum Gasteiger partial charge on any atom is -0.480 e. The molecule has 1 aromatic carbocycles. The minimum atomic E-state index is -4.11. The van der Waals surface area contributed by atoms with Crippen molar-refractivity contribution in [3.8, 4) is 6.07 Å². The fourth-order valence-corrected chi connectivity index (χ4v) is 3.70. The molecule has 0 fully saturated rings. The van der Waals surface area contributed by atoms with Gasteiger partial charge in [-0.2, -0.15) is 9.57 Å². The maximum absolute atomic E-state index is 12.6. The zero-order valence-corrected chi connectivity index (χ0v) is 13.1. The van der Waals surface area contributed by atoms with Crippen molar-refractivity contribution < 1.29 is 18.3 Å². The van der Waals surface area contributed by atoms with Gasteiger partial charge in [-0.05, 0) is 24.1 Å². The van der Waals surface area contributed by atoms with Gasteiger partial charge in [0.1, 0.15) is 17.5 Å². The van der Waals surface area contributed by atoms with Gasteiger partial charge in [-0.1, -0.05) is 25.4 Å². The van der Waals surface area contributed by atoms with E-state index in [1.165, 1.54) is 12.1 Å². The third-order valence-electron chi connectivity index (χ3n) is 2.56. The van der Waals surface area contributed by atoms with Gasteiger partial charge in [-0.15, -0.1) is 0 Å². The van der Waals surface area contributed by atoms with Crippen LogP contribution in [0.2, 0.25) is 5.02 Å². The van der Waals surface area contributed by atoms with Crippen molar-refractivity contribution in [1.29, 1.82) is 5.26 Å². The number of carboxylic acid groups (broad SMARTS) is 1. The van der Waals surface area contributed by atoms with E-state index in [0.717, 1.165) is 10.4 Å². The molecular formula is C13H15ClN2O4S. The van der Waals surface area contributed by atoms with Gasteiger partial charge in [-0.25, -0.2) is 8.42 Å². The number of carbonyl (C=O) groups is 1. The predicted molar refractivity (Wildman–Crippen MR) is 77.4 cm³/mol. The lowest BCUT2D eigenvalue weighted by Crippen LogP contribution is -2.38. The van der Waals surface area contributed by atoms with Crippen LogP contribution in [0.1, 0.15) is 19.4 Å². The average Bonchev–Trinajstić information content (AvgIpc) is 2.36. The first-order chi connectivity index (χ1) is 9.68. The van der Waals surface area contributed by atoms with E-state index in [4.69, 9.17) is 22.0 Å². The molecule has 0 aliphatic carbocycles. The molecule has 0 saturated heterocycles.